The Labute approximate surface area is 178 Å². The van der Waals surface area contributed by atoms with E-state index >= 15 is 0 Å². The fraction of sp³-hybridized carbons (Fsp3) is 0.545. The van der Waals surface area contributed by atoms with Crippen LogP contribution in [0.3, 0.4) is 0 Å². The van der Waals surface area contributed by atoms with Crippen molar-refractivity contribution < 1.29 is 9.13 Å². The van der Waals surface area contributed by atoms with Gasteiger partial charge in [0, 0.05) is 50.8 Å². The van der Waals surface area contributed by atoms with Gasteiger partial charge < -0.3 is 19.2 Å². The molecule has 0 spiro atoms. The number of halogens is 1. The van der Waals surface area contributed by atoms with Crippen LogP contribution in [0.2, 0.25) is 25.7 Å². The summed E-state index contributed by atoms with van der Waals surface area (Å²) < 4.78 is 23.7. The van der Waals surface area contributed by atoms with Gasteiger partial charge in [-0.2, -0.15) is 0 Å². The molecule has 0 bridgehead atoms. The highest BCUT2D eigenvalue weighted by atomic mass is 28.3. The Kier molecular flexibility index (Phi) is 6.36. The molecule has 8 heteroatoms. The summed E-state index contributed by atoms with van der Waals surface area (Å²) in [7, 11) is -1.10. The summed E-state index contributed by atoms with van der Waals surface area (Å²) in [5.41, 5.74) is 2.73. The lowest BCUT2D eigenvalue weighted by atomic mass is 10.00. The molecule has 1 fully saturated rings. The molecule has 0 aromatic carbocycles. The van der Waals surface area contributed by atoms with Gasteiger partial charge in [-0.1, -0.05) is 19.6 Å². The molecular formula is C22H32FN5OSi. The molecule has 2 atom stereocenters. The van der Waals surface area contributed by atoms with E-state index in [-0.39, 0.29) is 12.7 Å². The van der Waals surface area contributed by atoms with Crippen LogP contribution >= 0.6 is 0 Å². The van der Waals surface area contributed by atoms with Crippen LogP contribution in [0.25, 0.3) is 22.3 Å². The first-order valence-corrected chi connectivity index (χ1v) is 14.5. The summed E-state index contributed by atoms with van der Waals surface area (Å²) in [5.74, 6) is 0.329. The number of rotatable bonds is 9. The minimum atomic E-state index is -1.10. The SMILES string of the molecule is C[Si](C)(C)CCOCn1ccc2c(-c3ccn(C(CF)C4CCNC4)c3)ncnc21. The summed E-state index contributed by atoms with van der Waals surface area (Å²) >= 11 is 0. The van der Waals surface area contributed by atoms with E-state index in [0.717, 1.165) is 54.5 Å². The van der Waals surface area contributed by atoms with Crippen molar-refractivity contribution in [2.75, 3.05) is 26.4 Å². The molecule has 0 amide bonds. The second-order valence-electron chi connectivity index (χ2n) is 9.42. The van der Waals surface area contributed by atoms with Crippen LogP contribution in [0.15, 0.2) is 37.1 Å². The predicted octanol–water partition coefficient (Wildman–Crippen LogP) is 4.33. The molecule has 162 valence electrons. The third kappa shape index (κ3) is 4.66. The molecule has 3 aromatic rings. The van der Waals surface area contributed by atoms with Crippen LogP contribution in [0, 0.1) is 5.92 Å². The zero-order valence-electron chi connectivity index (χ0n) is 18.1. The van der Waals surface area contributed by atoms with E-state index in [2.05, 4.69) is 34.9 Å². The molecule has 1 saturated heterocycles. The van der Waals surface area contributed by atoms with Crippen molar-refractivity contribution in [3.63, 3.8) is 0 Å². The minimum Gasteiger partial charge on any atom is -0.361 e. The Morgan fingerprint density at radius 3 is 2.87 bits per heavy atom. The molecule has 4 rings (SSSR count). The van der Waals surface area contributed by atoms with E-state index in [1.807, 2.05) is 39.9 Å². The molecule has 3 aromatic heterocycles. The van der Waals surface area contributed by atoms with Gasteiger partial charge in [-0.05, 0) is 37.1 Å². The summed E-state index contributed by atoms with van der Waals surface area (Å²) in [4.78, 5) is 9.02. The number of aromatic nitrogens is 4. The average Bonchev–Trinajstić information content (AvgIpc) is 3.46. The third-order valence-electron chi connectivity index (χ3n) is 5.95. The second-order valence-corrected chi connectivity index (χ2v) is 15.0. The summed E-state index contributed by atoms with van der Waals surface area (Å²) in [6, 6.07) is 5.08. The topological polar surface area (TPSA) is 56.9 Å². The van der Waals surface area contributed by atoms with Crippen LogP contribution in [0.4, 0.5) is 4.39 Å². The van der Waals surface area contributed by atoms with Crippen LogP contribution in [0.1, 0.15) is 12.5 Å². The molecule has 30 heavy (non-hydrogen) atoms. The second kappa shape index (κ2) is 8.99. The summed E-state index contributed by atoms with van der Waals surface area (Å²) in [6.07, 6.45) is 8.61. The van der Waals surface area contributed by atoms with Crippen LogP contribution in [-0.4, -0.2) is 53.5 Å². The number of alkyl halides is 1. The lowest BCUT2D eigenvalue weighted by molar-refractivity contribution is 0.0899. The summed E-state index contributed by atoms with van der Waals surface area (Å²) in [5, 5.41) is 4.33. The van der Waals surface area contributed by atoms with Crippen LogP contribution in [-0.2, 0) is 11.5 Å². The highest BCUT2D eigenvalue weighted by Crippen LogP contribution is 2.30. The summed E-state index contributed by atoms with van der Waals surface area (Å²) in [6.45, 7) is 9.80. The van der Waals surface area contributed by atoms with Crippen molar-refractivity contribution in [1.82, 2.24) is 24.4 Å². The van der Waals surface area contributed by atoms with Gasteiger partial charge >= 0.3 is 0 Å². The first kappa shape index (κ1) is 21.2. The Hall–Kier alpha value is -2.03. The quantitative estimate of drug-likeness (QED) is 0.406. The Morgan fingerprint density at radius 2 is 2.13 bits per heavy atom. The number of nitrogens with zero attached hydrogens (tertiary/aromatic N) is 4. The maximum Gasteiger partial charge on any atom is 0.145 e. The van der Waals surface area contributed by atoms with Gasteiger partial charge in [0.25, 0.3) is 0 Å². The molecule has 0 aliphatic carbocycles. The molecule has 6 nitrogen and oxygen atoms in total. The van der Waals surface area contributed by atoms with Gasteiger partial charge in [0.15, 0.2) is 0 Å². The standard InChI is InChI=1S/C22H32FN5OSi/c1-30(2,3)11-10-29-16-28-9-6-19-21(25-15-26-22(19)28)18-5-8-27(14-18)20(12-23)17-4-7-24-13-17/h5-6,8-9,14-15,17,20,24H,4,7,10-13,16H2,1-3H3. The van der Waals surface area contributed by atoms with Crippen molar-refractivity contribution in [2.24, 2.45) is 5.92 Å². The Morgan fingerprint density at radius 1 is 1.27 bits per heavy atom. The zero-order chi connectivity index (χ0) is 21.1. The highest BCUT2D eigenvalue weighted by molar-refractivity contribution is 6.76. The van der Waals surface area contributed by atoms with Gasteiger partial charge in [0.2, 0.25) is 0 Å². The lowest BCUT2D eigenvalue weighted by Gasteiger charge is -2.21. The van der Waals surface area contributed by atoms with Gasteiger partial charge in [-0.15, -0.1) is 0 Å². The number of fused-ring (bicyclic) bond motifs is 1. The van der Waals surface area contributed by atoms with E-state index in [1.165, 1.54) is 0 Å². The molecule has 0 radical (unpaired) electrons. The van der Waals surface area contributed by atoms with E-state index < -0.39 is 8.07 Å². The number of ether oxygens (including phenoxy) is 1. The van der Waals surface area contributed by atoms with Crippen molar-refractivity contribution >= 4 is 19.1 Å². The van der Waals surface area contributed by atoms with Crippen LogP contribution < -0.4 is 5.32 Å². The van der Waals surface area contributed by atoms with Gasteiger partial charge in [-0.25, -0.2) is 14.4 Å². The highest BCUT2D eigenvalue weighted by Gasteiger charge is 2.26. The fourth-order valence-corrected chi connectivity index (χ4v) is 4.85. The number of hydrogen-bond acceptors (Lipinski definition) is 4. The van der Waals surface area contributed by atoms with E-state index in [1.54, 1.807) is 6.33 Å². The smallest absolute Gasteiger partial charge is 0.145 e. The monoisotopic (exact) mass is 429 g/mol. The van der Waals surface area contributed by atoms with Crippen LogP contribution in [0.5, 0.6) is 0 Å². The predicted molar refractivity (Wildman–Crippen MR) is 121 cm³/mol. The maximum atomic E-state index is 13.8. The molecule has 0 saturated carbocycles. The molecule has 2 unspecified atom stereocenters. The van der Waals surface area contributed by atoms with Gasteiger partial charge in [-0.3, -0.25) is 0 Å². The van der Waals surface area contributed by atoms with E-state index in [9.17, 15) is 4.39 Å². The average molecular weight is 430 g/mol. The van der Waals surface area contributed by atoms with Crippen molar-refractivity contribution in [1.29, 1.82) is 0 Å². The first-order valence-electron chi connectivity index (χ1n) is 10.8. The molecule has 1 aliphatic heterocycles. The Balaban J connectivity index is 1.52. The maximum absolute atomic E-state index is 13.8. The van der Waals surface area contributed by atoms with Crippen molar-refractivity contribution in [3.8, 4) is 11.3 Å². The lowest BCUT2D eigenvalue weighted by Crippen LogP contribution is -2.22. The third-order valence-corrected chi connectivity index (χ3v) is 7.66. The molecule has 4 heterocycles. The molecular weight excluding hydrogens is 397 g/mol. The van der Waals surface area contributed by atoms with Gasteiger partial charge in [0.1, 0.15) is 25.4 Å². The zero-order valence-corrected chi connectivity index (χ0v) is 19.1. The number of hydrogen-bond donors (Lipinski definition) is 1. The van der Waals surface area contributed by atoms with E-state index in [0.29, 0.717) is 12.6 Å². The van der Waals surface area contributed by atoms with Gasteiger partial charge in [0.05, 0.1) is 11.7 Å². The number of nitrogens with one attached hydrogen (secondary N) is 1. The first-order chi connectivity index (χ1) is 14.5. The van der Waals surface area contributed by atoms with Crippen molar-refractivity contribution in [2.45, 2.75) is 44.9 Å². The molecule has 1 N–H and O–H groups in total. The largest absolute Gasteiger partial charge is 0.361 e. The van der Waals surface area contributed by atoms with Crippen molar-refractivity contribution in [3.05, 3.63) is 37.1 Å². The Bertz CT molecular complexity index is 973. The molecule has 1 aliphatic rings. The van der Waals surface area contributed by atoms with E-state index in [4.69, 9.17) is 4.74 Å². The normalized spacial score (nSPS) is 18.3. The fourth-order valence-electron chi connectivity index (χ4n) is 4.09. The minimum absolute atomic E-state index is 0.129.